The smallest absolute Gasteiger partial charge is 0.271 e. The van der Waals surface area contributed by atoms with Crippen molar-refractivity contribution in [1.29, 1.82) is 0 Å². The first-order chi connectivity index (χ1) is 12.6. The highest BCUT2D eigenvalue weighted by Gasteiger charge is 2.31. The average Bonchev–Trinajstić information content (AvgIpc) is 3.04. The lowest BCUT2D eigenvalue weighted by Gasteiger charge is -2.32. The van der Waals surface area contributed by atoms with Crippen LogP contribution in [0.3, 0.4) is 0 Å². The van der Waals surface area contributed by atoms with Crippen molar-refractivity contribution in [2.24, 2.45) is 5.92 Å². The van der Waals surface area contributed by atoms with Crippen molar-refractivity contribution >= 4 is 5.91 Å². The Kier molecular flexibility index (Phi) is 6.70. The Morgan fingerprint density at radius 3 is 2.77 bits per heavy atom. The van der Waals surface area contributed by atoms with E-state index in [1.807, 2.05) is 0 Å². The molecule has 6 nitrogen and oxygen atoms in total. The normalized spacial score (nSPS) is 21.0. The van der Waals surface area contributed by atoms with Crippen molar-refractivity contribution in [1.82, 2.24) is 20.0 Å². The van der Waals surface area contributed by atoms with Crippen molar-refractivity contribution in [2.75, 3.05) is 34.4 Å². The van der Waals surface area contributed by atoms with Gasteiger partial charge in [0.05, 0.1) is 6.61 Å². The van der Waals surface area contributed by atoms with E-state index in [0.717, 1.165) is 39.0 Å². The molecule has 1 fully saturated rings. The molecule has 0 aliphatic heterocycles. The Balaban J connectivity index is 1.79. The van der Waals surface area contributed by atoms with Crippen molar-refractivity contribution in [3.63, 3.8) is 0 Å². The van der Waals surface area contributed by atoms with Crippen molar-refractivity contribution in [3.8, 4) is 0 Å². The highest BCUT2D eigenvalue weighted by Crippen LogP contribution is 2.30. The number of nitrogens with zero attached hydrogens (tertiary/aromatic N) is 3. The predicted molar refractivity (Wildman–Crippen MR) is 103 cm³/mol. The van der Waals surface area contributed by atoms with Crippen LogP contribution in [0.1, 0.15) is 60.3 Å². The number of aromatic nitrogens is 2. The Morgan fingerprint density at radius 1 is 1.31 bits per heavy atom. The zero-order chi connectivity index (χ0) is 18.5. The Labute approximate surface area is 157 Å². The van der Waals surface area contributed by atoms with Gasteiger partial charge in [0.1, 0.15) is 0 Å². The van der Waals surface area contributed by atoms with E-state index in [0.29, 0.717) is 17.7 Å². The molecule has 1 amide bonds. The molecule has 2 aliphatic rings. The van der Waals surface area contributed by atoms with Crippen LogP contribution >= 0.6 is 0 Å². The Bertz CT molecular complexity index is 607. The third-order valence-electron chi connectivity index (χ3n) is 6.19. The standard InChI is InChI=1S/C20H34N4O2/c1-21-20(25)19-17-13-16(23(2)11-12-26-3)9-10-18(17)24(22-19)14-15-7-5-4-6-8-15/h15-16H,4-14H2,1-3H3,(H,21,25)/t16-/m1/s1. The van der Waals surface area contributed by atoms with Crippen LogP contribution in [0, 0.1) is 5.92 Å². The molecule has 1 saturated carbocycles. The summed E-state index contributed by atoms with van der Waals surface area (Å²) in [6, 6.07) is 0.452. The third kappa shape index (κ3) is 4.29. The maximum Gasteiger partial charge on any atom is 0.271 e. The zero-order valence-electron chi connectivity index (χ0n) is 16.6. The molecule has 1 heterocycles. The van der Waals surface area contributed by atoms with Crippen LogP contribution in [0.4, 0.5) is 0 Å². The van der Waals surface area contributed by atoms with E-state index < -0.39 is 0 Å². The number of fused-ring (bicyclic) bond motifs is 1. The molecule has 0 bridgehead atoms. The first-order valence-electron chi connectivity index (χ1n) is 10.1. The van der Waals surface area contributed by atoms with Crippen molar-refractivity contribution in [3.05, 3.63) is 17.0 Å². The summed E-state index contributed by atoms with van der Waals surface area (Å²) in [5, 5.41) is 7.55. The fourth-order valence-electron chi connectivity index (χ4n) is 4.53. The molecule has 0 aromatic carbocycles. The maximum absolute atomic E-state index is 12.4. The molecular formula is C20H34N4O2. The van der Waals surface area contributed by atoms with Crippen LogP contribution in [0.15, 0.2) is 0 Å². The van der Waals surface area contributed by atoms with Crippen molar-refractivity contribution in [2.45, 2.75) is 64.0 Å². The summed E-state index contributed by atoms with van der Waals surface area (Å²) < 4.78 is 7.39. The van der Waals surface area contributed by atoms with Gasteiger partial charge in [-0.2, -0.15) is 5.10 Å². The molecule has 1 aromatic heterocycles. The highest BCUT2D eigenvalue weighted by atomic mass is 16.5. The van der Waals surface area contributed by atoms with Gasteiger partial charge >= 0.3 is 0 Å². The van der Waals surface area contributed by atoms with Gasteiger partial charge in [0.2, 0.25) is 0 Å². The molecule has 1 aromatic rings. The molecule has 0 saturated heterocycles. The summed E-state index contributed by atoms with van der Waals surface area (Å²) >= 11 is 0. The van der Waals surface area contributed by atoms with Gasteiger partial charge in [-0.05, 0) is 45.1 Å². The lowest BCUT2D eigenvalue weighted by molar-refractivity contribution is 0.0954. The summed E-state index contributed by atoms with van der Waals surface area (Å²) in [7, 11) is 5.59. The third-order valence-corrected chi connectivity index (χ3v) is 6.19. The second-order valence-electron chi connectivity index (χ2n) is 7.91. The number of carbonyl (C=O) groups is 1. The molecule has 26 heavy (non-hydrogen) atoms. The molecular weight excluding hydrogens is 328 g/mol. The molecule has 146 valence electrons. The number of hydrogen-bond donors (Lipinski definition) is 1. The molecule has 1 atom stereocenters. The van der Waals surface area contributed by atoms with E-state index in [1.54, 1.807) is 14.2 Å². The summed E-state index contributed by atoms with van der Waals surface area (Å²) in [5.41, 5.74) is 3.11. The monoisotopic (exact) mass is 362 g/mol. The van der Waals surface area contributed by atoms with Gasteiger partial charge < -0.3 is 15.0 Å². The Morgan fingerprint density at radius 2 is 2.08 bits per heavy atom. The van der Waals surface area contributed by atoms with Gasteiger partial charge in [0.25, 0.3) is 5.91 Å². The number of likely N-dealkylation sites (N-methyl/N-ethyl adjacent to an activating group) is 1. The molecule has 0 unspecified atom stereocenters. The predicted octanol–water partition coefficient (Wildman–Crippen LogP) is 2.26. The SMILES string of the molecule is CNC(=O)c1nn(CC2CCCCC2)c2c1C[C@H](N(C)CCOC)CC2. The van der Waals surface area contributed by atoms with E-state index in [-0.39, 0.29) is 5.91 Å². The van der Waals surface area contributed by atoms with E-state index in [2.05, 4.69) is 21.9 Å². The van der Waals surface area contributed by atoms with Crippen molar-refractivity contribution < 1.29 is 9.53 Å². The molecule has 1 N–H and O–H groups in total. The highest BCUT2D eigenvalue weighted by molar-refractivity contribution is 5.93. The van der Waals surface area contributed by atoms with Crippen LogP contribution in [0.25, 0.3) is 0 Å². The molecule has 3 rings (SSSR count). The van der Waals surface area contributed by atoms with Gasteiger partial charge in [-0.1, -0.05) is 19.3 Å². The van der Waals surface area contributed by atoms with E-state index >= 15 is 0 Å². The minimum Gasteiger partial charge on any atom is -0.383 e. The number of methoxy groups -OCH3 is 1. The number of amides is 1. The topological polar surface area (TPSA) is 59.4 Å². The fourth-order valence-corrected chi connectivity index (χ4v) is 4.53. The minimum atomic E-state index is -0.0520. The van der Waals surface area contributed by atoms with E-state index in [4.69, 9.17) is 9.84 Å². The number of hydrogen-bond acceptors (Lipinski definition) is 4. The largest absolute Gasteiger partial charge is 0.383 e. The summed E-state index contributed by atoms with van der Waals surface area (Å²) in [5.74, 6) is 0.663. The number of rotatable bonds is 7. The summed E-state index contributed by atoms with van der Waals surface area (Å²) in [6.45, 7) is 2.63. The lowest BCUT2D eigenvalue weighted by Crippen LogP contribution is -2.39. The Hall–Kier alpha value is -1.40. The van der Waals surface area contributed by atoms with Gasteiger partial charge in [0.15, 0.2) is 5.69 Å². The first-order valence-corrected chi connectivity index (χ1v) is 10.1. The van der Waals surface area contributed by atoms with E-state index in [1.165, 1.54) is 43.4 Å². The van der Waals surface area contributed by atoms with Crippen LogP contribution < -0.4 is 5.32 Å². The van der Waals surface area contributed by atoms with Gasteiger partial charge in [-0.15, -0.1) is 0 Å². The van der Waals surface area contributed by atoms with Crippen LogP contribution in [-0.2, 0) is 24.1 Å². The van der Waals surface area contributed by atoms with E-state index in [9.17, 15) is 4.79 Å². The van der Waals surface area contributed by atoms with Crippen LogP contribution in [0.5, 0.6) is 0 Å². The first kappa shape index (κ1) is 19.4. The quantitative estimate of drug-likeness (QED) is 0.808. The average molecular weight is 363 g/mol. The fraction of sp³-hybridized carbons (Fsp3) is 0.800. The minimum absolute atomic E-state index is 0.0520. The van der Waals surface area contributed by atoms with Gasteiger partial charge in [0, 0.05) is 44.5 Å². The van der Waals surface area contributed by atoms with Gasteiger partial charge in [-0.25, -0.2) is 0 Å². The molecule has 0 radical (unpaired) electrons. The molecule has 2 aliphatic carbocycles. The molecule has 6 heteroatoms. The zero-order valence-corrected chi connectivity index (χ0v) is 16.6. The summed E-state index contributed by atoms with van der Waals surface area (Å²) in [4.78, 5) is 14.8. The summed E-state index contributed by atoms with van der Waals surface area (Å²) in [6.07, 6.45) is 9.67. The number of nitrogens with one attached hydrogen (secondary N) is 1. The van der Waals surface area contributed by atoms with Gasteiger partial charge in [-0.3, -0.25) is 9.48 Å². The second-order valence-corrected chi connectivity index (χ2v) is 7.91. The molecule has 0 spiro atoms. The number of carbonyl (C=O) groups excluding carboxylic acids is 1. The second kappa shape index (κ2) is 9.00. The maximum atomic E-state index is 12.4. The lowest BCUT2D eigenvalue weighted by atomic mass is 9.88. The van der Waals surface area contributed by atoms with Crippen LogP contribution in [-0.4, -0.2) is 61.0 Å². The number of ether oxygens (including phenoxy) is 1. The van der Waals surface area contributed by atoms with Crippen LogP contribution in [0.2, 0.25) is 0 Å².